The topological polar surface area (TPSA) is 33.1 Å². The van der Waals surface area contributed by atoms with Crippen molar-refractivity contribution >= 4 is 0 Å². The second-order valence-electron chi connectivity index (χ2n) is 2.68. The third-order valence-electron chi connectivity index (χ3n) is 1.66. The monoisotopic (exact) mass is 151 g/mol. The van der Waals surface area contributed by atoms with Crippen LogP contribution < -0.4 is 0 Å². The van der Waals surface area contributed by atoms with Crippen molar-refractivity contribution in [2.24, 2.45) is 0 Å². The predicted octanol–water partition coefficient (Wildman–Crippen LogP) is 1.83. The van der Waals surface area contributed by atoms with Crippen molar-refractivity contribution in [1.82, 2.24) is 4.98 Å². The molecule has 2 nitrogen and oxygen atoms in total. The van der Waals surface area contributed by atoms with Gasteiger partial charge in [-0.3, -0.25) is 4.98 Å². The molecule has 0 aliphatic heterocycles. The summed E-state index contributed by atoms with van der Waals surface area (Å²) in [6.45, 7) is 3.93. The number of nitrogens with zero attached hydrogens (tertiary/aromatic N) is 1. The van der Waals surface area contributed by atoms with Crippen molar-refractivity contribution in [1.29, 1.82) is 0 Å². The smallest absolute Gasteiger partial charge is 0.0957 e. The van der Waals surface area contributed by atoms with Crippen molar-refractivity contribution < 1.29 is 5.11 Å². The quantitative estimate of drug-likeness (QED) is 0.699. The number of aliphatic hydroxyl groups excluding tert-OH is 1. The number of hydrogen-bond donors (Lipinski definition) is 1. The van der Waals surface area contributed by atoms with Gasteiger partial charge < -0.3 is 5.11 Å². The van der Waals surface area contributed by atoms with Gasteiger partial charge in [-0.2, -0.15) is 0 Å². The second kappa shape index (κ2) is 3.49. The molecule has 0 aliphatic carbocycles. The Bertz CT molecular complexity index is 235. The molecule has 60 valence electrons. The van der Waals surface area contributed by atoms with E-state index in [0.29, 0.717) is 0 Å². The van der Waals surface area contributed by atoms with Gasteiger partial charge in [0.15, 0.2) is 0 Å². The lowest BCUT2D eigenvalue weighted by Crippen LogP contribution is -1.98. The molecule has 0 bridgehead atoms. The summed E-state index contributed by atoms with van der Waals surface area (Å²) in [6.07, 6.45) is 2.04. The van der Waals surface area contributed by atoms with Crippen LogP contribution in [0, 0.1) is 6.92 Å². The van der Waals surface area contributed by atoms with Crippen molar-refractivity contribution in [2.45, 2.75) is 26.4 Å². The predicted molar refractivity (Wildman–Crippen MR) is 44.2 cm³/mol. The van der Waals surface area contributed by atoms with E-state index in [0.717, 1.165) is 17.7 Å². The number of aryl methyl sites for hydroxylation is 1. The molecule has 2 heteroatoms. The van der Waals surface area contributed by atoms with E-state index in [9.17, 15) is 5.11 Å². The molecule has 1 rings (SSSR count). The number of aliphatic hydroxyl groups is 1. The lowest BCUT2D eigenvalue weighted by Gasteiger charge is -2.06. The lowest BCUT2D eigenvalue weighted by molar-refractivity contribution is 0.169. The fourth-order valence-corrected chi connectivity index (χ4v) is 0.951. The maximum Gasteiger partial charge on any atom is 0.0957 e. The van der Waals surface area contributed by atoms with Gasteiger partial charge in [0.2, 0.25) is 0 Å². The molecule has 0 saturated carbocycles. The van der Waals surface area contributed by atoms with Gasteiger partial charge in [0, 0.05) is 6.20 Å². The molecule has 1 aromatic rings. The molecular weight excluding hydrogens is 138 g/mol. The van der Waals surface area contributed by atoms with Crippen molar-refractivity contribution in [3.63, 3.8) is 0 Å². The van der Waals surface area contributed by atoms with E-state index < -0.39 is 6.10 Å². The fourth-order valence-electron chi connectivity index (χ4n) is 0.951. The summed E-state index contributed by atoms with van der Waals surface area (Å²) in [5, 5.41) is 9.39. The minimum absolute atomic E-state index is 0.408. The largest absolute Gasteiger partial charge is 0.387 e. The molecule has 0 fully saturated rings. The number of rotatable bonds is 2. The summed E-state index contributed by atoms with van der Waals surface area (Å²) in [5.74, 6) is 0. The second-order valence-corrected chi connectivity index (χ2v) is 2.68. The standard InChI is InChI=1S/C9H13NO/c1-3-9(11)8-6-7(2)4-5-10-8/h4-6,9,11H,3H2,1-2H3. The van der Waals surface area contributed by atoms with E-state index >= 15 is 0 Å². The Morgan fingerprint density at radius 1 is 1.64 bits per heavy atom. The Morgan fingerprint density at radius 2 is 2.36 bits per heavy atom. The Morgan fingerprint density at radius 3 is 2.91 bits per heavy atom. The van der Waals surface area contributed by atoms with Crippen LogP contribution in [-0.4, -0.2) is 10.1 Å². The molecule has 1 unspecified atom stereocenters. The molecule has 1 aromatic heterocycles. The van der Waals surface area contributed by atoms with E-state index in [2.05, 4.69) is 4.98 Å². The SMILES string of the molecule is CCC(O)c1cc(C)ccn1. The van der Waals surface area contributed by atoms with Crippen LogP contribution in [0.15, 0.2) is 18.3 Å². The number of aromatic nitrogens is 1. The summed E-state index contributed by atoms with van der Waals surface area (Å²) in [7, 11) is 0. The average Bonchev–Trinajstić information content (AvgIpc) is 2.03. The van der Waals surface area contributed by atoms with E-state index in [4.69, 9.17) is 0 Å². The first-order chi connectivity index (χ1) is 5.24. The highest BCUT2D eigenvalue weighted by Gasteiger charge is 2.04. The maximum atomic E-state index is 9.39. The van der Waals surface area contributed by atoms with Crippen LogP contribution in [0.5, 0.6) is 0 Å². The number of hydrogen-bond acceptors (Lipinski definition) is 2. The zero-order valence-corrected chi connectivity index (χ0v) is 6.91. The van der Waals surface area contributed by atoms with Gasteiger partial charge >= 0.3 is 0 Å². The van der Waals surface area contributed by atoms with Crippen molar-refractivity contribution in [3.05, 3.63) is 29.6 Å². The molecule has 0 radical (unpaired) electrons. The highest BCUT2D eigenvalue weighted by Crippen LogP contribution is 2.13. The van der Waals surface area contributed by atoms with Crippen molar-refractivity contribution in [2.75, 3.05) is 0 Å². The van der Waals surface area contributed by atoms with Crippen LogP contribution in [0.2, 0.25) is 0 Å². The van der Waals surface area contributed by atoms with Gasteiger partial charge in [0.25, 0.3) is 0 Å². The van der Waals surface area contributed by atoms with E-state index in [1.165, 1.54) is 0 Å². The van der Waals surface area contributed by atoms with E-state index in [1.807, 2.05) is 26.0 Å². The normalized spacial score (nSPS) is 13.0. The van der Waals surface area contributed by atoms with Crippen molar-refractivity contribution in [3.8, 4) is 0 Å². The fraction of sp³-hybridized carbons (Fsp3) is 0.444. The highest BCUT2D eigenvalue weighted by atomic mass is 16.3. The van der Waals surface area contributed by atoms with Gasteiger partial charge in [0.1, 0.15) is 0 Å². The van der Waals surface area contributed by atoms with Crippen LogP contribution in [0.3, 0.4) is 0 Å². The minimum atomic E-state index is -0.408. The molecule has 11 heavy (non-hydrogen) atoms. The first-order valence-electron chi connectivity index (χ1n) is 3.84. The van der Waals surface area contributed by atoms with Crippen LogP contribution in [-0.2, 0) is 0 Å². The number of pyridine rings is 1. The molecule has 0 aromatic carbocycles. The summed E-state index contributed by atoms with van der Waals surface area (Å²) in [4.78, 5) is 4.06. The summed E-state index contributed by atoms with van der Waals surface area (Å²) >= 11 is 0. The Balaban J connectivity index is 2.86. The molecule has 0 saturated heterocycles. The van der Waals surface area contributed by atoms with Crippen LogP contribution in [0.4, 0.5) is 0 Å². The first-order valence-corrected chi connectivity index (χ1v) is 3.84. The van der Waals surface area contributed by atoms with Gasteiger partial charge in [-0.15, -0.1) is 0 Å². The third-order valence-corrected chi connectivity index (χ3v) is 1.66. The maximum absolute atomic E-state index is 9.39. The van der Waals surface area contributed by atoms with E-state index in [-0.39, 0.29) is 0 Å². The third kappa shape index (κ3) is 2.02. The highest BCUT2D eigenvalue weighted by molar-refractivity contribution is 5.15. The molecule has 0 amide bonds. The lowest BCUT2D eigenvalue weighted by atomic mass is 10.1. The first kappa shape index (κ1) is 8.21. The molecule has 0 spiro atoms. The Labute approximate surface area is 66.9 Å². The zero-order valence-electron chi connectivity index (χ0n) is 6.91. The summed E-state index contributed by atoms with van der Waals surface area (Å²) in [5.41, 5.74) is 1.91. The van der Waals surface area contributed by atoms with Crippen LogP contribution in [0.1, 0.15) is 30.7 Å². The van der Waals surface area contributed by atoms with Crippen LogP contribution >= 0.6 is 0 Å². The summed E-state index contributed by atoms with van der Waals surface area (Å²) in [6, 6.07) is 3.83. The average molecular weight is 151 g/mol. The molecule has 1 heterocycles. The van der Waals surface area contributed by atoms with Gasteiger partial charge in [-0.05, 0) is 31.0 Å². The van der Waals surface area contributed by atoms with Gasteiger partial charge in [-0.1, -0.05) is 6.92 Å². The van der Waals surface area contributed by atoms with Gasteiger partial charge in [-0.25, -0.2) is 0 Å². The van der Waals surface area contributed by atoms with E-state index in [1.54, 1.807) is 6.20 Å². The zero-order chi connectivity index (χ0) is 8.27. The molecule has 1 N–H and O–H groups in total. The van der Waals surface area contributed by atoms with Crippen LogP contribution in [0.25, 0.3) is 0 Å². The van der Waals surface area contributed by atoms with Gasteiger partial charge in [0.05, 0.1) is 11.8 Å². The molecule has 1 atom stereocenters. The summed E-state index contributed by atoms with van der Waals surface area (Å²) < 4.78 is 0. The molecular formula is C9H13NO. The minimum Gasteiger partial charge on any atom is -0.387 e. The Kier molecular flexibility index (Phi) is 2.60. The Hall–Kier alpha value is -0.890. The molecule has 0 aliphatic rings.